The van der Waals surface area contributed by atoms with Gasteiger partial charge in [0.2, 0.25) is 0 Å². The Kier molecular flexibility index (Phi) is 3.96. The summed E-state index contributed by atoms with van der Waals surface area (Å²) in [5.41, 5.74) is 3.26. The van der Waals surface area contributed by atoms with E-state index in [9.17, 15) is 0 Å². The molecule has 0 saturated heterocycles. The molecule has 18 heavy (non-hydrogen) atoms. The molecule has 2 nitrogen and oxygen atoms in total. The zero-order valence-electron chi connectivity index (χ0n) is 12.2. The van der Waals surface area contributed by atoms with Gasteiger partial charge >= 0.3 is 0 Å². The maximum atomic E-state index is 3.31. The predicted molar refractivity (Wildman–Crippen MR) is 79.2 cm³/mol. The maximum Gasteiger partial charge on any atom is 0.0399 e. The van der Waals surface area contributed by atoms with Crippen LogP contribution in [-0.2, 0) is 6.42 Å². The Bertz CT molecular complexity index is 398. The van der Waals surface area contributed by atoms with Crippen LogP contribution < -0.4 is 10.2 Å². The molecule has 0 amide bonds. The molecule has 2 rings (SSSR count). The monoisotopic (exact) mass is 246 g/mol. The zero-order valence-corrected chi connectivity index (χ0v) is 12.2. The molecule has 1 heterocycles. The summed E-state index contributed by atoms with van der Waals surface area (Å²) >= 11 is 0. The zero-order chi connectivity index (χ0) is 13.2. The molecular weight excluding hydrogens is 220 g/mol. The van der Waals surface area contributed by atoms with Crippen molar-refractivity contribution in [2.75, 3.05) is 31.6 Å². The molecular formula is C16H26N2. The lowest BCUT2D eigenvalue weighted by Crippen LogP contribution is -2.43. The highest BCUT2D eigenvalue weighted by molar-refractivity contribution is 5.55. The van der Waals surface area contributed by atoms with Crippen LogP contribution in [0, 0.1) is 11.3 Å². The van der Waals surface area contributed by atoms with Crippen LogP contribution in [-0.4, -0.2) is 26.7 Å². The van der Waals surface area contributed by atoms with Crippen molar-refractivity contribution in [3.8, 4) is 0 Å². The van der Waals surface area contributed by atoms with E-state index >= 15 is 0 Å². The third kappa shape index (κ3) is 3.05. The minimum atomic E-state index is 0.304. The summed E-state index contributed by atoms with van der Waals surface area (Å²) in [5.74, 6) is 0.755. The van der Waals surface area contributed by atoms with Crippen LogP contribution in [0.3, 0.4) is 0 Å². The third-order valence-electron chi connectivity index (χ3n) is 3.71. The van der Waals surface area contributed by atoms with Gasteiger partial charge in [-0.15, -0.1) is 0 Å². The van der Waals surface area contributed by atoms with E-state index in [0.29, 0.717) is 5.41 Å². The maximum absolute atomic E-state index is 3.31. The largest absolute Gasteiger partial charge is 0.370 e. The van der Waals surface area contributed by atoms with E-state index in [-0.39, 0.29) is 0 Å². The topological polar surface area (TPSA) is 15.3 Å². The fourth-order valence-electron chi connectivity index (χ4n) is 3.11. The summed E-state index contributed by atoms with van der Waals surface area (Å²) in [4.78, 5) is 2.57. The minimum absolute atomic E-state index is 0.304. The second-order valence-electron chi connectivity index (χ2n) is 6.51. The van der Waals surface area contributed by atoms with Crippen molar-refractivity contribution in [2.45, 2.75) is 27.2 Å². The Morgan fingerprint density at radius 3 is 2.78 bits per heavy atom. The summed E-state index contributed by atoms with van der Waals surface area (Å²) in [6.45, 7) is 10.4. The predicted octanol–water partition coefficient (Wildman–Crippen LogP) is 2.93. The number of hydrogen-bond donors (Lipinski definition) is 1. The van der Waals surface area contributed by atoms with Gasteiger partial charge in [0.05, 0.1) is 0 Å². The van der Waals surface area contributed by atoms with E-state index in [0.717, 1.165) is 19.0 Å². The van der Waals surface area contributed by atoms with Crippen LogP contribution in [0.4, 0.5) is 5.69 Å². The van der Waals surface area contributed by atoms with Crippen molar-refractivity contribution >= 4 is 5.69 Å². The van der Waals surface area contributed by atoms with E-state index in [1.165, 1.54) is 24.2 Å². The SMILES string of the molecule is CNCC(C)(C)CN1CC(C)Cc2ccccc21. The molecule has 0 spiro atoms. The van der Waals surface area contributed by atoms with Gasteiger partial charge in [0.25, 0.3) is 0 Å². The number of para-hydroxylation sites is 1. The number of anilines is 1. The van der Waals surface area contributed by atoms with Crippen LogP contribution >= 0.6 is 0 Å². The van der Waals surface area contributed by atoms with Crippen molar-refractivity contribution < 1.29 is 0 Å². The first-order chi connectivity index (χ1) is 8.52. The van der Waals surface area contributed by atoms with E-state index < -0.39 is 0 Å². The second kappa shape index (κ2) is 5.31. The van der Waals surface area contributed by atoms with E-state index in [1.54, 1.807) is 0 Å². The first-order valence-corrected chi connectivity index (χ1v) is 6.99. The molecule has 100 valence electrons. The standard InChI is InChI=1S/C16H26N2/c1-13-9-14-7-5-6-8-15(14)18(10-13)12-16(2,3)11-17-4/h5-8,13,17H,9-12H2,1-4H3. The molecule has 1 aliphatic heterocycles. The van der Waals surface area contributed by atoms with Gasteiger partial charge in [0.1, 0.15) is 0 Å². The first-order valence-electron chi connectivity index (χ1n) is 6.99. The van der Waals surface area contributed by atoms with Crippen LogP contribution in [0.1, 0.15) is 26.3 Å². The molecule has 1 atom stereocenters. The molecule has 1 aliphatic rings. The summed E-state index contributed by atoms with van der Waals surface area (Å²) in [5, 5.41) is 3.31. The third-order valence-corrected chi connectivity index (χ3v) is 3.71. The molecule has 1 N–H and O–H groups in total. The van der Waals surface area contributed by atoms with E-state index in [4.69, 9.17) is 0 Å². The Labute approximate surface area is 111 Å². The van der Waals surface area contributed by atoms with Gasteiger partial charge in [-0.05, 0) is 36.4 Å². The van der Waals surface area contributed by atoms with Crippen molar-refractivity contribution in [1.29, 1.82) is 0 Å². The number of nitrogens with zero attached hydrogens (tertiary/aromatic N) is 1. The Hall–Kier alpha value is -1.02. The number of rotatable bonds is 4. The highest BCUT2D eigenvalue weighted by atomic mass is 15.1. The van der Waals surface area contributed by atoms with Crippen molar-refractivity contribution in [3.63, 3.8) is 0 Å². The van der Waals surface area contributed by atoms with Gasteiger partial charge in [-0.1, -0.05) is 39.0 Å². The lowest BCUT2D eigenvalue weighted by Gasteiger charge is -2.40. The van der Waals surface area contributed by atoms with Gasteiger partial charge in [-0.2, -0.15) is 0 Å². The van der Waals surface area contributed by atoms with Crippen LogP contribution in [0.25, 0.3) is 0 Å². The highest BCUT2D eigenvalue weighted by Crippen LogP contribution is 2.31. The van der Waals surface area contributed by atoms with Crippen LogP contribution in [0.5, 0.6) is 0 Å². The van der Waals surface area contributed by atoms with Gasteiger partial charge in [-0.3, -0.25) is 0 Å². The summed E-state index contributed by atoms with van der Waals surface area (Å²) in [7, 11) is 2.04. The number of fused-ring (bicyclic) bond motifs is 1. The van der Waals surface area contributed by atoms with Gasteiger partial charge < -0.3 is 10.2 Å². The lowest BCUT2D eigenvalue weighted by atomic mass is 9.88. The van der Waals surface area contributed by atoms with Crippen molar-refractivity contribution in [1.82, 2.24) is 5.32 Å². The number of benzene rings is 1. The normalized spacial score (nSPS) is 19.8. The Morgan fingerprint density at radius 2 is 2.06 bits per heavy atom. The molecule has 2 heteroatoms. The molecule has 0 saturated carbocycles. The fourth-order valence-corrected chi connectivity index (χ4v) is 3.11. The average molecular weight is 246 g/mol. The van der Waals surface area contributed by atoms with Crippen molar-refractivity contribution in [3.05, 3.63) is 29.8 Å². The molecule has 0 fully saturated rings. The highest BCUT2D eigenvalue weighted by Gasteiger charge is 2.26. The van der Waals surface area contributed by atoms with Crippen molar-refractivity contribution in [2.24, 2.45) is 11.3 Å². The molecule has 1 aromatic rings. The first kappa shape index (κ1) is 13.4. The second-order valence-corrected chi connectivity index (χ2v) is 6.51. The fraction of sp³-hybridized carbons (Fsp3) is 0.625. The van der Waals surface area contributed by atoms with Gasteiger partial charge in [0, 0.05) is 25.3 Å². The minimum Gasteiger partial charge on any atom is -0.370 e. The van der Waals surface area contributed by atoms with Crippen LogP contribution in [0.2, 0.25) is 0 Å². The Balaban J connectivity index is 2.18. The van der Waals surface area contributed by atoms with Gasteiger partial charge in [-0.25, -0.2) is 0 Å². The summed E-state index contributed by atoms with van der Waals surface area (Å²) < 4.78 is 0. The molecule has 1 unspecified atom stereocenters. The van der Waals surface area contributed by atoms with E-state index in [2.05, 4.69) is 55.3 Å². The number of nitrogens with one attached hydrogen (secondary N) is 1. The molecule has 0 bridgehead atoms. The smallest absolute Gasteiger partial charge is 0.0399 e. The van der Waals surface area contributed by atoms with Crippen LogP contribution in [0.15, 0.2) is 24.3 Å². The van der Waals surface area contributed by atoms with Gasteiger partial charge in [0.15, 0.2) is 0 Å². The number of hydrogen-bond acceptors (Lipinski definition) is 2. The molecule has 0 radical (unpaired) electrons. The van der Waals surface area contributed by atoms with E-state index in [1.807, 2.05) is 7.05 Å². The average Bonchev–Trinajstić information content (AvgIpc) is 2.28. The summed E-state index contributed by atoms with van der Waals surface area (Å²) in [6, 6.07) is 8.88. The molecule has 0 aliphatic carbocycles. The molecule has 1 aromatic carbocycles. The quantitative estimate of drug-likeness (QED) is 0.878. The Morgan fingerprint density at radius 1 is 1.33 bits per heavy atom. The summed E-state index contributed by atoms with van der Waals surface area (Å²) in [6.07, 6.45) is 1.22. The lowest BCUT2D eigenvalue weighted by molar-refractivity contribution is 0.341. The molecule has 0 aromatic heterocycles.